The molecule has 146 valence electrons. The van der Waals surface area contributed by atoms with Crippen LogP contribution in [-0.4, -0.2) is 30.8 Å². The molecule has 0 amide bonds. The molecule has 4 N–H and O–H groups in total. The third kappa shape index (κ3) is 5.63. The maximum Gasteiger partial charge on any atom is 0.193 e. The first-order valence-corrected chi connectivity index (χ1v) is 8.77. The zero-order valence-corrected chi connectivity index (χ0v) is 18.0. The number of nitrogens with one attached hydrogen (secondary N) is 1. The van der Waals surface area contributed by atoms with Gasteiger partial charge in [-0.05, 0) is 25.1 Å². The van der Waals surface area contributed by atoms with Gasteiger partial charge < -0.3 is 25.6 Å². The van der Waals surface area contributed by atoms with Gasteiger partial charge in [-0.1, -0.05) is 29.8 Å². The Kier molecular flexibility index (Phi) is 7.58. The molecule has 0 radical (unpaired) electrons. The molecule has 0 bridgehead atoms. The topological polar surface area (TPSA) is 89.1 Å². The van der Waals surface area contributed by atoms with Gasteiger partial charge in [-0.3, -0.25) is 0 Å². The standard InChI is InChI=1S/C19H22ClN3O3.HI/c1-19(24,14-5-2-3-6-15(14)20)12-22-18(21)23-13-7-8-16-17(11-13)26-10-4-9-25-16;/h2-3,5-8,11,24H,4,9-10,12H2,1H3,(H3,21,22,23);1H. The Morgan fingerprint density at radius 2 is 1.93 bits per heavy atom. The molecule has 1 heterocycles. The predicted octanol–water partition coefficient (Wildman–Crippen LogP) is 3.75. The van der Waals surface area contributed by atoms with E-state index in [-0.39, 0.29) is 36.5 Å². The molecule has 6 nitrogen and oxygen atoms in total. The molecule has 27 heavy (non-hydrogen) atoms. The molecular weight excluding hydrogens is 481 g/mol. The highest BCUT2D eigenvalue weighted by molar-refractivity contribution is 14.0. The average Bonchev–Trinajstić information content (AvgIpc) is 2.85. The molecule has 2 aromatic carbocycles. The van der Waals surface area contributed by atoms with Crippen LogP contribution in [0.5, 0.6) is 11.5 Å². The van der Waals surface area contributed by atoms with Crippen molar-refractivity contribution in [2.24, 2.45) is 10.7 Å². The summed E-state index contributed by atoms with van der Waals surface area (Å²) in [5.41, 5.74) is 6.07. The summed E-state index contributed by atoms with van der Waals surface area (Å²) in [6.07, 6.45) is 0.845. The minimum atomic E-state index is -1.23. The van der Waals surface area contributed by atoms with Crippen molar-refractivity contribution in [1.29, 1.82) is 0 Å². The van der Waals surface area contributed by atoms with Gasteiger partial charge in [0.05, 0.1) is 19.8 Å². The second-order valence-corrected chi connectivity index (χ2v) is 6.70. The minimum Gasteiger partial charge on any atom is -0.490 e. The number of fused-ring (bicyclic) bond motifs is 1. The maximum absolute atomic E-state index is 10.7. The smallest absolute Gasteiger partial charge is 0.193 e. The molecule has 1 aliphatic rings. The normalized spacial score (nSPS) is 15.9. The molecule has 1 aliphatic heterocycles. The van der Waals surface area contributed by atoms with E-state index in [1.807, 2.05) is 30.3 Å². The third-order valence-electron chi connectivity index (χ3n) is 4.03. The molecular formula is C19H23ClIN3O3. The van der Waals surface area contributed by atoms with E-state index in [0.29, 0.717) is 35.3 Å². The van der Waals surface area contributed by atoms with Gasteiger partial charge >= 0.3 is 0 Å². The molecule has 0 saturated heterocycles. The Balaban J connectivity index is 0.00000261. The molecule has 0 spiro atoms. The predicted molar refractivity (Wildman–Crippen MR) is 119 cm³/mol. The number of ether oxygens (including phenoxy) is 2. The summed E-state index contributed by atoms with van der Waals surface area (Å²) in [5.74, 6) is 1.57. The summed E-state index contributed by atoms with van der Waals surface area (Å²) in [5, 5.41) is 14.1. The van der Waals surface area contributed by atoms with Gasteiger partial charge in [0.25, 0.3) is 0 Å². The molecule has 0 aliphatic carbocycles. The van der Waals surface area contributed by atoms with Crippen LogP contribution in [0.2, 0.25) is 5.02 Å². The Hall–Kier alpha value is -1.71. The number of nitrogens with two attached hydrogens (primary N) is 1. The molecule has 1 atom stereocenters. The van der Waals surface area contributed by atoms with Crippen molar-refractivity contribution in [3.05, 3.63) is 53.1 Å². The number of halogens is 2. The lowest BCUT2D eigenvalue weighted by Crippen LogP contribution is -2.30. The number of hydrogen-bond acceptors (Lipinski definition) is 4. The van der Waals surface area contributed by atoms with Crippen molar-refractivity contribution in [2.45, 2.75) is 18.9 Å². The average molecular weight is 504 g/mol. The van der Waals surface area contributed by atoms with Crippen molar-refractivity contribution in [3.8, 4) is 11.5 Å². The lowest BCUT2D eigenvalue weighted by Gasteiger charge is -2.23. The van der Waals surface area contributed by atoms with Crippen LogP contribution in [0.3, 0.4) is 0 Å². The number of nitrogens with zero attached hydrogens (tertiary/aromatic N) is 1. The molecule has 0 fully saturated rings. The van der Waals surface area contributed by atoms with Crippen LogP contribution in [-0.2, 0) is 5.60 Å². The van der Waals surface area contributed by atoms with Gasteiger partial charge in [-0.2, -0.15) is 0 Å². The highest BCUT2D eigenvalue weighted by Gasteiger charge is 2.25. The molecule has 0 saturated carbocycles. The Bertz CT molecular complexity index is 815. The first-order valence-electron chi connectivity index (χ1n) is 8.40. The van der Waals surface area contributed by atoms with Crippen molar-refractivity contribution < 1.29 is 14.6 Å². The number of anilines is 1. The lowest BCUT2D eigenvalue weighted by molar-refractivity contribution is 0.0675. The molecule has 0 aromatic heterocycles. The van der Waals surface area contributed by atoms with E-state index in [1.165, 1.54) is 0 Å². The van der Waals surface area contributed by atoms with E-state index in [9.17, 15) is 5.11 Å². The quantitative estimate of drug-likeness (QED) is 0.336. The summed E-state index contributed by atoms with van der Waals surface area (Å²) < 4.78 is 11.3. The van der Waals surface area contributed by atoms with Gasteiger partial charge in [0.2, 0.25) is 0 Å². The van der Waals surface area contributed by atoms with E-state index in [0.717, 1.165) is 12.1 Å². The maximum atomic E-state index is 10.7. The summed E-state index contributed by atoms with van der Waals surface area (Å²) in [6.45, 7) is 2.97. The van der Waals surface area contributed by atoms with Crippen LogP contribution in [0.25, 0.3) is 0 Å². The second-order valence-electron chi connectivity index (χ2n) is 6.29. The van der Waals surface area contributed by atoms with Crippen LogP contribution in [0.1, 0.15) is 18.9 Å². The van der Waals surface area contributed by atoms with Gasteiger partial charge in [-0.25, -0.2) is 4.99 Å². The van der Waals surface area contributed by atoms with Crippen molar-refractivity contribution in [3.63, 3.8) is 0 Å². The number of aliphatic hydroxyl groups is 1. The van der Waals surface area contributed by atoms with E-state index >= 15 is 0 Å². The van der Waals surface area contributed by atoms with Gasteiger partial charge in [0.1, 0.15) is 5.60 Å². The fourth-order valence-corrected chi connectivity index (χ4v) is 2.99. The van der Waals surface area contributed by atoms with Crippen molar-refractivity contribution in [2.75, 3.05) is 25.1 Å². The SMILES string of the molecule is CC(O)(CN=C(N)Nc1ccc2c(c1)OCCCO2)c1ccccc1Cl.I. The largest absolute Gasteiger partial charge is 0.490 e. The van der Waals surface area contributed by atoms with Crippen molar-refractivity contribution >= 4 is 47.2 Å². The van der Waals surface area contributed by atoms with E-state index < -0.39 is 5.60 Å². The fraction of sp³-hybridized carbons (Fsp3) is 0.316. The molecule has 3 rings (SSSR count). The second kappa shape index (κ2) is 9.48. The Labute approximate surface area is 180 Å². The summed E-state index contributed by atoms with van der Waals surface area (Å²) in [6, 6.07) is 12.6. The number of aliphatic imine (C=N–C) groups is 1. The molecule has 2 aromatic rings. The van der Waals surface area contributed by atoms with Gasteiger partial charge in [0.15, 0.2) is 17.5 Å². The summed E-state index contributed by atoms with van der Waals surface area (Å²) >= 11 is 6.15. The third-order valence-corrected chi connectivity index (χ3v) is 4.36. The zero-order chi connectivity index (χ0) is 18.6. The van der Waals surface area contributed by atoms with Crippen LogP contribution >= 0.6 is 35.6 Å². The minimum absolute atomic E-state index is 0. The number of benzene rings is 2. The fourth-order valence-electron chi connectivity index (χ4n) is 2.65. The van der Waals surface area contributed by atoms with E-state index in [1.54, 1.807) is 19.1 Å². The highest BCUT2D eigenvalue weighted by atomic mass is 127. The number of rotatable bonds is 4. The van der Waals surface area contributed by atoms with Crippen LogP contribution in [0.4, 0.5) is 5.69 Å². The van der Waals surface area contributed by atoms with Crippen LogP contribution < -0.4 is 20.5 Å². The van der Waals surface area contributed by atoms with Gasteiger partial charge in [-0.15, -0.1) is 24.0 Å². The summed E-state index contributed by atoms with van der Waals surface area (Å²) in [4.78, 5) is 4.24. The Morgan fingerprint density at radius 1 is 1.22 bits per heavy atom. The van der Waals surface area contributed by atoms with Crippen molar-refractivity contribution in [1.82, 2.24) is 0 Å². The highest BCUT2D eigenvalue weighted by Crippen LogP contribution is 2.32. The summed E-state index contributed by atoms with van der Waals surface area (Å²) in [7, 11) is 0. The number of guanidine groups is 1. The monoisotopic (exact) mass is 503 g/mol. The molecule has 1 unspecified atom stereocenters. The van der Waals surface area contributed by atoms with Gasteiger partial charge in [0, 0.05) is 28.8 Å². The first kappa shape index (κ1) is 21.6. The molecule has 8 heteroatoms. The Morgan fingerprint density at radius 3 is 2.67 bits per heavy atom. The van der Waals surface area contributed by atoms with E-state index in [4.69, 9.17) is 26.8 Å². The van der Waals surface area contributed by atoms with Crippen LogP contribution in [0, 0.1) is 0 Å². The van der Waals surface area contributed by atoms with E-state index in [2.05, 4.69) is 10.3 Å². The lowest BCUT2D eigenvalue weighted by atomic mass is 9.96. The zero-order valence-electron chi connectivity index (χ0n) is 14.9. The first-order chi connectivity index (χ1) is 12.5. The number of hydrogen-bond donors (Lipinski definition) is 3. The van der Waals surface area contributed by atoms with Crippen LogP contribution in [0.15, 0.2) is 47.5 Å².